The number of nitrogens with one attached hydrogen (secondary N) is 1. The zero-order valence-electron chi connectivity index (χ0n) is 19.0. The first-order valence-electron chi connectivity index (χ1n) is 11.7. The van der Waals surface area contributed by atoms with Gasteiger partial charge in [-0.05, 0) is 42.7 Å². The Bertz CT molecular complexity index is 1440. The Kier molecular flexibility index (Phi) is 5.75. The number of imidazole rings is 1. The van der Waals surface area contributed by atoms with Gasteiger partial charge in [0, 0.05) is 24.7 Å². The van der Waals surface area contributed by atoms with Gasteiger partial charge in [0.05, 0.1) is 24.8 Å². The van der Waals surface area contributed by atoms with E-state index in [4.69, 9.17) is 21.6 Å². The van der Waals surface area contributed by atoms with E-state index in [-0.39, 0.29) is 0 Å². The Balaban J connectivity index is 1.31. The summed E-state index contributed by atoms with van der Waals surface area (Å²) in [6, 6.07) is 17.8. The maximum Gasteiger partial charge on any atom is 0.229 e. The molecule has 3 aromatic heterocycles. The van der Waals surface area contributed by atoms with Crippen LogP contribution in [0.4, 0.5) is 11.8 Å². The fourth-order valence-corrected chi connectivity index (χ4v) is 4.40. The number of nitrogens with zero attached hydrogens (tertiary/aromatic N) is 8. The first kappa shape index (κ1) is 21.5. The second kappa shape index (κ2) is 9.34. The smallest absolute Gasteiger partial charge is 0.229 e. The average molecular weight is 486 g/mol. The molecule has 1 aliphatic heterocycles. The van der Waals surface area contributed by atoms with Crippen molar-refractivity contribution < 1.29 is 0 Å². The predicted molar refractivity (Wildman–Crippen MR) is 136 cm³/mol. The van der Waals surface area contributed by atoms with Crippen LogP contribution >= 0.6 is 11.6 Å². The molecular formula is C25H24ClN9. The molecule has 0 atom stereocenters. The van der Waals surface area contributed by atoms with Crippen LogP contribution in [0.3, 0.4) is 0 Å². The number of fused-ring (bicyclic) bond motifs is 1. The van der Waals surface area contributed by atoms with E-state index < -0.39 is 0 Å². The zero-order chi connectivity index (χ0) is 23.6. The van der Waals surface area contributed by atoms with Crippen LogP contribution in [0.5, 0.6) is 0 Å². The van der Waals surface area contributed by atoms with E-state index in [9.17, 15) is 0 Å². The normalized spacial score (nSPS) is 13.6. The molecule has 4 heterocycles. The summed E-state index contributed by atoms with van der Waals surface area (Å²) in [4.78, 5) is 16.7. The van der Waals surface area contributed by atoms with Crippen LogP contribution in [0.25, 0.3) is 16.9 Å². The maximum absolute atomic E-state index is 6.01. The van der Waals surface area contributed by atoms with Gasteiger partial charge in [-0.25, -0.2) is 9.67 Å². The fraction of sp³-hybridized carbons (Fsp3) is 0.240. The minimum absolute atomic E-state index is 0.499. The number of hydrogen-bond donors (Lipinski definition) is 1. The Morgan fingerprint density at radius 3 is 2.54 bits per heavy atom. The van der Waals surface area contributed by atoms with Crippen LogP contribution in [0, 0.1) is 0 Å². The van der Waals surface area contributed by atoms with Gasteiger partial charge in [0.1, 0.15) is 5.69 Å². The van der Waals surface area contributed by atoms with Crippen molar-refractivity contribution in [3.63, 3.8) is 0 Å². The Hall–Kier alpha value is -3.98. The lowest BCUT2D eigenvalue weighted by Crippen LogP contribution is -2.21. The van der Waals surface area contributed by atoms with Crippen LogP contribution in [-0.4, -0.2) is 47.6 Å². The molecular weight excluding hydrogens is 462 g/mol. The topological polar surface area (TPSA) is 89.6 Å². The van der Waals surface area contributed by atoms with Crippen molar-refractivity contribution in [2.24, 2.45) is 0 Å². The molecule has 10 heteroatoms. The molecule has 0 unspecified atom stereocenters. The lowest BCUT2D eigenvalue weighted by molar-refractivity contribution is 0.764. The van der Waals surface area contributed by atoms with Crippen molar-refractivity contribution in [3.8, 4) is 5.69 Å². The summed E-state index contributed by atoms with van der Waals surface area (Å²) in [6.45, 7) is 3.09. The van der Waals surface area contributed by atoms with E-state index in [1.54, 1.807) is 11.0 Å². The van der Waals surface area contributed by atoms with Gasteiger partial charge in [0.2, 0.25) is 5.95 Å². The Labute approximate surface area is 207 Å². The van der Waals surface area contributed by atoms with Crippen molar-refractivity contribution in [1.29, 1.82) is 0 Å². The van der Waals surface area contributed by atoms with Crippen LogP contribution < -0.4 is 10.2 Å². The molecule has 0 amide bonds. The van der Waals surface area contributed by atoms with E-state index in [1.165, 1.54) is 5.56 Å². The monoisotopic (exact) mass is 485 g/mol. The highest BCUT2D eigenvalue weighted by Crippen LogP contribution is 2.25. The number of hydrogen-bond acceptors (Lipinski definition) is 7. The van der Waals surface area contributed by atoms with Crippen molar-refractivity contribution in [2.75, 3.05) is 23.3 Å². The first-order valence-corrected chi connectivity index (χ1v) is 12.0. The molecule has 35 heavy (non-hydrogen) atoms. The molecule has 6 rings (SSSR count). The Morgan fingerprint density at radius 2 is 1.74 bits per heavy atom. The van der Waals surface area contributed by atoms with Gasteiger partial charge >= 0.3 is 0 Å². The molecule has 2 aromatic carbocycles. The molecule has 0 bridgehead atoms. The molecule has 0 spiro atoms. The molecule has 176 valence electrons. The average Bonchev–Trinajstić information content (AvgIpc) is 3.66. The number of benzene rings is 2. The van der Waals surface area contributed by atoms with E-state index >= 15 is 0 Å². The van der Waals surface area contributed by atoms with Crippen LogP contribution in [0.1, 0.15) is 24.1 Å². The summed E-state index contributed by atoms with van der Waals surface area (Å²) < 4.78 is 3.74. The van der Waals surface area contributed by atoms with Gasteiger partial charge in [-0.2, -0.15) is 9.97 Å². The molecule has 1 aliphatic rings. The summed E-state index contributed by atoms with van der Waals surface area (Å²) >= 11 is 6.01. The van der Waals surface area contributed by atoms with Crippen LogP contribution in [0.2, 0.25) is 5.02 Å². The number of anilines is 2. The number of aromatic nitrogens is 7. The van der Waals surface area contributed by atoms with E-state index in [1.807, 2.05) is 53.2 Å². The summed E-state index contributed by atoms with van der Waals surface area (Å²) in [5, 5.41) is 12.8. The standard InChI is InChI=1S/C25H24ClN9/c26-19-8-10-21(11-9-19)35-16-20(31-32-35)15-34-17-28-22-23(27-14-18-6-2-1-3-7-18)29-25(30-24(22)34)33-12-4-5-13-33/h1-3,6-11,16-17H,4-5,12-15H2,(H,27,29,30). The first-order chi connectivity index (χ1) is 17.2. The summed E-state index contributed by atoms with van der Waals surface area (Å²) in [7, 11) is 0. The van der Waals surface area contributed by atoms with E-state index in [0.29, 0.717) is 18.1 Å². The quantitative estimate of drug-likeness (QED) is 0.367. The SMILES string of the molecule is Clc1ccc(-n2cc(Cn3cnc4c(NCc5ccccc5)nc(N5CCCC5)nc43)nn2)cc1. The highest BCUT2D eigenvalue weighted by atomic mass is 35.5. The molecule has 9 nitrogen and oxygen atoms in total. The summed E-state index contributed by atoms with van der Waals surface area (Å²) in [5.74, 6) is 1.47. The molecule has 1 saturated heterocycles. The van der Waals surface area contributed by atoms with Crippen LogP contribution in [-0.2, 0) is 13.1 Å². The zero-order valence-corrected chi connectivity index (χ0v) is 19.8. The maximum atomic E-state index is 6.01. The third-order valence-corrected chi connectivity index (χ3v) is 6.36. The lowest BCUT2D eigenvalue weighted by Gasteiger charge is -2.17. The molecule has 0 radical (unpaired) electrons. The van der Waals surface area contributed by atoms with Gasteiger partial charge in [0.15, 0.2) is 17.0 Å². The fourth-order valence-electron chi connectivity index (χ4n) is 4.28. The Morgan fingerprint density at radius 1 is 0.943 bits per heavy atom. The minimum Gasteiger partial charge on any atom is -0.364 e. The van der Waals surface area contributed by atoms with Gasteiger partial charge < -0.3 is 14.8 Å². The van der Waals surface area contributed by atoms with Gasteiger partial charge in [-0.15, -0.1) is 5.10 Å². The van der Waals surface area contributed by atoms with E-state index in [0.717, 1.165) is 60.2 Å². The van der Waals surface area contributed by atoms with Gasteiger partial charge in [-0.3, -0.25) is 0 Å². The molecule has 5 aromatic rings. The molecule has 0 aliphatic carbocycles. The van der Waals surface area contributed by atoms with E-state index in [2.05, 4.69) is 37.6 Å². The summed E-state index contributed by atoms with van der Waals surface area (Å²) in [5.41, 5.74) is 4.40. The van der Waals surface area contributed by atoms with Crippen molar-refractivity contribution in [3.05, 3.63) is 83.4 Å². The minimum atomic E-state index is 0.499. The summed E-state index contributed by atoms with van der Waals surface area (Å²) in [6.07, 6.45) is 6.01. The largest absolute Gasteiger partial charge is 0.364 e. The van der Waals surface area contributed by atoms with Crippen molar-refractivity contribution in [1.82, 2.24) is 34.5 Å². The van der Waals surface area contributed by atoms with Gasteiger partial charge in [0.25, 0.3) is 0 Å². The third kappa shape index (κ3) is 4.54. The highest BCUT2D eigenvalue weighted by molar-refractivity contribution is 6.30. The predicted octanol–water partition coefficient (Wildman–Crippen LogP) is 4.32. The van der Waals surface area contributed by atoms with Gasteiger partial charge in [-0.1, -0.05) is 47.1 Å². The van der Waals surface area contributed by atoms with Crippen molar-refractivity contribution in [2.45, 2.75) is 25.9 Å². The van der Waals surface area contributed by atoms with Crippen molar-refractivity contribution >= 4 is 34.5 Å². The molecule has 1 fully saturated rings. The molecule has 1 N–H and O–H groups in total. The second-order valence-corrected chi connectivity index (χ2v) is 9.02. The highest BCUT2D eigenvalue weighted by Gasteiger charge is 2.20. The molecule has 0 saturated carbocycles. The van der Waals surface area contributed by atoms with Crippen LogP contribution in [0.15, 0.2) is 67.1 Å². The number of rotatable bonds is 7. The lowest BCUT2D eigenvalue weighted by atomic mass is 10.2. The third-order valence-electron chi connectivity index (χ3n) is 6.11. The number of halogens is 1. The second-order valence-electron chi connectivity index (χ2n) is 8.58.